The minimum Gasteiger partial charge on any atom is -0.321 e. The Balaban J connectivity index is 1.36. The maximum absolute atomic E-state index is 4.26. The zero-order valence-electron chi connectivity index (χ0n) is 20.7. The molecular formula is C27H47BN4S. The van der Waals surface area contributed by atoms with Crippen molar-refractivity contribution in [3.05, 3.63) is 0 Å². The van der Waals surface area contributed by atoms with Gasteiger partial charge in [-0.3, -0.25) is 0 Å². The van der Waals surface area contributed by atoms with Crippen LogP contribution >= 0.6 is 11.8 Å². The number of piperidine rings is 4. The van der Waals surface area contributed by atoms with Gasteiger partial charge in [0.15, 0.2) is 6.71 Å². The van der Waals surface area contributed by atoms with Gasteiger partial charge in [-0.25, -0.2) is 0 Å². The number of thioether (sulfide) groups is 1. The van der Waals surface area contributed by atoms with E-state index >= 15 is 0 Å². The average molecular weight is 471 g/mol. The van der Waals surface area contributed by atoms with E-state index in [1.165, 1.54) is 110 Å². The highest BCUT2D eigenvalue weighted by Gasteiger charge is 2.70. The summed E-state index contributed by atoms with van der Waals surface area (Å²) in [5.41, 5.74) is 0.433. The van der Waals surface area contributed by atoms with Gasteiger partial charge in [-0.05, 0) is 101 Å². The van der Waals surface area contributed by atoms with Crippen LogP contribution in [0, 0.1) is 17.3 Å². The van der Waals surface area contributed by atoms with Crippen molar-refractivity contribution < 1.29 is 0 Å². The summed E-state index contributed by atoms with van der Waals surface area (Å²) in [5.74, 6) is 4.15. The summed E-state index contributed by atoms with van der Waals surface area (Å²) in [6.07, 6.45) is 18.9. The van der Waals surface area contributed by atoms with E-state index in [0.29, 0.717) is 5.41 Å². The number of hydrogen-bond acceptors (Lipinski definition) is 5. The molecule has 6 saturated heterocycles. The second kappa shape index (κ2) is 9.28. The monoisotopic (exact) mass is 470 g/mol. The van der Waals surface area contributed by atoms with Gasteiger partial charge in [-0.2, -0.15) is 11.8 Å². The molecule has 0 radical (unpaired) electrons. The Morgan fingerprint density at radius 1 is 0.545 bits per heavy atom. The lowest BCUT2D eigenvalue weighted by molar-refractivity contribution is -0.0774. The Morgan fingerprint density at radius 2 is 1.06 bits per heavy atom. The molecule has 1 saturated carbocycles. The summed E-state index contributed by atoms with van der Waals surface area (Å²) in [4.78, 5) is 0. The zero-order valence-corrected chi connectivity index (χ0v) is 21.5. The standard InChI is InChI=1S/C27H47BN4S/c1-2-8-18(9-3-1)28-25-19(10-4-16-31-25)27(20-11-5-17-32-26(20)28)23-21(12-6-14-29-23)33-22-13-7-15-30-24(22)27/h18-26,29-32H,1-17H2. The van der Waals surface area contributed by atoms with Crippen LogP contribution in [0.15, 0.2) is 0 Å². The van der Waals surface area contributed by atoms with Crippen LogP contribution in [0.2, 0.25) is 5.82 Å². The normalized spacial score (nSPS) is 50.7. The van der Waals surface area contributed by atoms with Crippen LogP contribution in [-0.4, -0.2) is 67.4 Å². The summed E-state index contributed by atoms with van der Waals surface area (Å²) >= 11 is 2.41. The molecule has 6 aliphatic heterocycles. The average Bonchev–Trinajstić information content (AvgIpc) is 2.89. The highest BCUT2D eigenvalue weighted by atomic mass is 32.2. The van der Waals surface area contributed by atoms with Gasteiger partial charge in [0, 0.05) is 28.0 Å². The molecule has 7 fully saturated rings. The van der Waals surface area contributed by atoms with Crippen molar-refractivity contribution in [2.75, 3.05) is 26.2 Å². The molecule has 0 amide bonds. The fourth-order valence-electron chi connectivity index (χ4n) is 10.7. The molecule has 0 aromatic carbocycles. The van der Waals surface area contributed by atoms with E-state index in [1.54, 1.807) is 0 Å². The first-order valence-electron chi connectivity index (χ1n) is 15.0. The SMILES string of the molecule is C1CCC(B2C3NCCCC3C3(C4CCCNC24)C2NCCCC2SC2CCCNC23)CC1. The highest BCUT2D eigenvalue weighted by Crippen LogP contribution is 2.63. The summed E-state index contributed by atoms with van der Waals surface area (Å²) in [5, 5.41) is 18.7. The summed E-state index contributed by atoms with van der Waals surface area (Å²) in [6, 6.07) is 1.44. The summed E-state index contributed by atoms with van der Waals surface area (Å²) in [7, 11) is 0. The van der Waals surface area contributed by atoms with E-state index in [4.69, 9.17) is 0 Å². The van der Waals surface area contributed by atoms with Gasteiger partial charge >= 0.3 is 0 Å². The van der Waals surface area contributed by atoms with Crippen molar-refractivity contribution in [1.29, 1.82) is 0 Å². The fraction of sp³-hybridized carbons (Fsp3) is 1.00. The second-order valence-corrected chi connectivity index (χ2v) is 14.3. The fourth-order valence-corrected chi connectivity index (χ4v) is 12.7. The number of hydrogen-bond donors (Lipinski definition) is 4. The van der Waals surface area contributed by atoms with E-state index in [0.717, 1.165) is 58.8 Å². The lowest BCUT2D eigenvalue weighted by Gasteiger charge is -2.71. The molecule has 8 unspecified atom stereocenters. The van der Waals surface area contributed by atoms with E-state index in [1.807, 2.05) is 0 Å². The van der Waals surface area contributed by atoms with Gasteiger partial charge in [0.2, 0.25) is 0 Å². The van der Waals surface area contributed by atoms with Crippen molar-refractivity contribution in [3.63, 3.8) is 0 Å². The smallest absolute Gasteiger partial charge is 0.183 e. The Hall–Kier alpha value is 0.255. The molecule has 0 aromatic rings. The van der Waals surface area contributed by atoms with Gasteiger partial charge in [0.25, 0.3) is 0 Å². The Morgan fingerprint density at radius 3 is 1.64 bits per heavy atom. The number of nitrogens with one attached hydrogen (secondary N) is 4. The largest absolute Gasteiger partial charge is 0.321 e. The zero-order chi connectivity index (χ0) is 21.8. The quantitative estimate of drug-likeness (QED) is 0.441. The first-order chi connectivity index (χ1) is 16.4. The van der Waals surface area contributed by atoms with E-state index in [9.17, 15) is 0 Å². The predicted octanol–water partition coefficient (Wildman–Crippen LogP) is 3.62. The Bertz CT molecular complexity index is 654. The molecule has 6 heterocycles. The molecule has 8 atom stereocenters. The molecule has 1 spiro atoms. The summed E-state index contributed by atoms with van der Waals surface area (Å²) < 4.78 is 0. The van der Waals surface area contributed by atoms with Crippen molar-refractivity contribution in [3.8, 4) is 0 Å². The molecular weight excluding hydrogens is 423 g/mol. The Labute approximate surface area is 206 Å². The lowest BCUT2D eigenvalue weighted by atomic mass is 9.20. The molecule has 0 aromatic heterocycles. The van der Waals surface area contributed by atoms with Crippen molar-refractivity contribution >= 4 is 18.5 Å². The molecule has 0 bridgehead atoms. The molecule has 184 valence electrons. The molecule has 4 nitrogen and oxygen atoms in total. The van der Waals surface area contributed by atoms with Crippen LogP contribution in [-0.2, 0) is 0 Å². The summed E-state index contributed by atoms with van der Waals surface area (Å²) in [6.45, 7) is 5.89. The third-order valence-corrected chi connectivity index (χ3v) is 13.3. The van der Waals surface area contributed by atoms with Crippen LogP contribution in [0.5, 0.6) is 0 Å². The molecule has 7 rings (SSSR count). The van der Waals surface area contributed by atoms with Gasteiger partial charge in [0.05, 0.1) is 0 Å². The molecule has 33 heavy (non-hydrogen) atoms. The van der Waals surface area contributed by atoms with Crippen LogP contribution in [0.1, 0.15) is 83.5 Å². The van der Waals surface area contributed by atoms with Crippen molar-refractivity contribution in [2.45, 2.75) is 124 Å². The highest BCUT2D eigenvalue weighted by molar-refractivity contribution is 8.00. The Kier molecular flexibility index (Phi) is 6.32. The van der Waals surface area contributed by atoms with Crippen LogP contribution in [0.25, 0.3) is 0 Å². The van der Waals surface area contributed by atoms with Gasteiger partial charge in [-0.15, -0.1) is 0 Å². The minimum atomic E-state index is 0.433. The van der Waals surface area contributed by atoms with Crippen LogP contribution in [0.3, 0.4) is 0 Å². The number of fused-ring (bicyclic) bond motifs is 8. The molecule has 7 aliphatic rings. The lowest BCUT2D eigenvalue weighted by Crippen LogP contribution is -2.83. The van der Waals surface area contributed by atoms with Crippen LogP contribution < -0.4 is 21.3 Å². The molecule has 6 heteroatoms. The minimum absolute atomic E-state index is 0.433. The van der Waals surface area contributed by atoms with Gasteiger partial charge in [-0.1, -0.05) is 37.9 Å². The van der Waals surface area contributed by atoms with Gasteiger partial charge < -0.3 is 21.3 Å². The molecule has 4 N–H and O–H groups in total. The predicted molar refractivity (Wildman–Crippen MR) is 141 cm³/mol. The number of rotatable bonds is 1. The maximum Gasteiger partial charge on any atom is 0.183 e. The maximum atomic E-state index is 4.26. The second-order valence-electron chi connectivity index (χ2n) is 12.8. The first kappa shape index (κ1) is 22.5. The van der Waals surface area contributed by atoms with E-state index in [2.05, 4.69) is 33.0 Å². The first-order valence-corrected chi connectivity index (χ1v) is 15.9. The van der Waals surface area contributed by atoms with E-state index < -0.39 is 0 Å². The van der Waals surface area contributed by atoms with Crippen LogP contribution in [0.4, 0.5) is 0 Å². The third kappa shape index (κ3) is 3.47. The van der Waals surface area contributed by atoms with Gasteiger partial charge in [0.1, 0.15) is 0 Å². The van der Waals surface area contributed by atoms with Crippen molar-refractivity contribution in [1.82, 2.24) is 21.3 Å². The third-order valence-electron chi connectivity index (χ3n) is 11.5. The topological polar surface area (TPSA) is 48.1 Å². The van der Waals surface area contributed by atoms with E-state index in [-0.39, 0.29) is 0 Å². The molecule has 1 aliphatic carbocycles. The van der Waals surface area contributed by atoms with Crippen molar-refractivity contribution in [2.24, 2.45) is 17.3 Å².